The van der Waals surface area contributed by atoms with E-state index in [2.05, 4.69) is 50.6 Å². The number of amides is 2. The second kappa shape index (κ2) is 8.99. The van der Waals surface area contributed by atoms with E-state index in [1.807, 2.05) is 25.1 Å². The Labute approximate surface area is 225 Å². The number of ether oxygens (including phenoxy) is 1. The van der Waals surface area contributed by atoms with Crippen LogP contribution in [0.1, 0.15) is 51.0 Å². The summed E-state index contributed by atoms with van der Waals surface area (Å²) in [5.41, 5.74) is 3.44. The smallest absolute Gasteiger partial charge is 0.285 e. The van der Waals surface area contributed by atoms with Gasteiger partial charge in [0.2, 0.25) is 5.91 Å². The number of carbonyl (C=O) groups excluding carboxylic acids is 2. The molecule has 1 aromatic carbocycles. The zero-order chi connectivity index (χ0) is 22.6. The third kappa shape index (κ3) is 4.24. The third-order valence-corrected chi connectivity index (χ3v) is 9.87. The highest BCUT2D eigenvalue weighted by Crippen LogP contribution is 2.60. The Hall–Kier alpha value is -0.400. The average molecular weight is 694 g/mol. The molecule has 32 heavy (non-hydrogen) atoms. The number of benzene rings is 1. The van der Waals surface area contributed by atoms with Crippen LogP contribution in [0, 0.1) is 30.3 Å². The molecule has 0 unspecified atom stereocenters. The van der Waals surface area contributed by atoms with Gasteiger partial charge < -0.3 is 4.74 Å². The maximum Gasteiger partial charge on any atom is 0.285 e. The first-order valence-corrected chi connectivity index (χ1v) is 14.4. The van der Waals surface area contributed by atoms with Crippen LogP contribution in [0.3, 0.4) is 0 Å². The molecule has 0 radical (unpaired) electrons. The van der Waals surface area contributed by atoms with Crippen LogP contribution < -0.4 is 10.2 Å². The van der Waals surface area contributed by atoms with Crippen molar-refractivity contribution in [2.45, 2.75) is 45.4 Å². The SMILES string of the molecule is CCOc1c(I)cc(I)cc1/C=C1/SC(=S)N(NC(=O)C23CC4CC(CC(C4)C2)C3)C1=O. The maximum absolute atomic E-state index is 13.4. The first-order valence-electron chi connectivity index (χ1n) is 11.0. The van der Waals surface area contributed by atoms with Gasteiger partial charge in [-0.2, -0.15) is 5.01 Å². The van der Waals surface area contributed by atoms with Crippen LogP contribution in [-0.4, -0.2) is 27.8 Å². The first kappa shape index (κ1) is 23.3. The summed E-state index contributed by atoms with van der Waals surface area (Å²) in [5, 5.41) is 1.28. The third-order valence-electron chi connectivity index (χ3n) is 7.14. The number of nitrogens with one attached hydrogen (secondary N) is 1. The highest BCUT2D eigenvalue weighted by atomic mass is 127. The molecule has 1 saturated heterocycles. The summed E-state index contributed by atoms with van der Waals surface area (Å²) >= 11 is 11.2. The van der Waals surface area contributed by atoms with Crippen molar-refractivity contribution in [3.8, 4) is 5.75 Å². The van der Waals surface area contributed by atoms with Crippen LogP contribution in [0.5, 0.6) is 5.75 Å². The van der Waals surface area contributed by atoms with Gasteiger partial charge in [-0.1, -0.05) is 11.8 Å². The van der Waals surface area contributed by atoms with Gasteiger partial charge in [0, 0.05) is 9.13 Å². The molecular weight excluding hydrogens is 670 g/mol. The van der Waals surface area contributed by atoms with Crippen LogP contribution in [0.15, 0.2) is 17.0 Å². The van der Waals surface area contributed by atoms with E-state index >= 15 is 0 Å². The van der Waals surface area contributed by atoms with E-state index in [4.69, 9.17) is 17.0 Å². The molecule has 6 rings (SSSR count). The minimum Gasteiger partial charge on any atom is -0.492 e. The normalized spacial score (nSPS) is 32.2. The van der Waals surface area contributed by atoms with E-state index < -0.39 is 0 Å². The average Bonchev–Trinajstić information content (AvgIpc) is 2.97. The number of hydrazine groups is 1. The molecule has 1 aromatic rings. The number of thioether (sulfide) groups is 1. The topological polar surface area (TPSA) is 58.6 Å². The molecule has 1 aliphatic heterocycles. The van der Waals surface area contributed by atoms with Crippen LogP contribution >= 0.6 is 69.2 Å². The molecular formula is C23H24I2N2O3S2. The lowest BCUT2D eigenvalue weighted by Gasteiger charge is -2.55. The van der Waals surface area contributed by atoms with Crippen molar-refractivity contribution in [1.82, 2.24) is 10.4 Å². The van der Waals surface area contributed by atoms with Crippen molar-refractivity contribution >= 4 is 91.4 Å². The molecule has 1 N–H and O–H groups in total. The summed E-state index contributed by atoms with van der Waals surface area (Å²) in [4.78, 5) is 27.1. The molecule has 0 aromatic heterocycles. The lowest BCUT2D eigenvalue weighted by Crippen LogP contribution is -2.57. The van der Waals surface area contributed by atoms with Gasteiger partial charge in [-0.3, -0.25) is 15.0 Å². The molecule has 4 saturated carbocycles. The molecule has 5 aliphatic rings. The van der Waals surface area contributed by atoms with Crippen molar-refractivity contribution in [3.63, 3.8) is 0 Å². The molecule has 2 amide bonds. The van der Waals surface area contributed by atoms with Gasteiger partial charge in [-0.05, 0) is 139 Å². The molecule has 1 heterocycles. The number of thiocarbonyl (C=S) groups is 1. The van der Waals surface area contributed by atoms with Crippen molar-refractivity contribution in [3.05, 3.63) is 29.7 Å². The summed E-state index contributed by atoms with van der Waals surface area (Å²) in [7, 11) is 0. The van der Waals surface area contributed by atoms with Crippen molar-refractivity contribution in [1.29, 1.82) is 0 Å². The van der Waals surface area contributed by atoms with Gasteiger partial charge in [0.15, 0.2) is 4.32 Å². The van der Waals surface area contributed by atoms with E-state index in [0.29, 0.717) is 33.6 Å². The largest absolute Gasteiger partial charge is 0.492 e. The van der Waals surface area contributed by atoms with Gasteiger partial charge >= 0.3 is 0 Å². The molecule has 9 heteroatoms. The quantitative estimate of drug-likeness (QED) is 0.242. The number of hydrogen-bond donors (Lipinski definition) is 1. The minimum atomic E-state index is -0.324. The van der Waals surface area contributed by atoms with E-state index in [9.17, 15) is 9.59 Å². The van der Waals surface area contributed by atoms with Gasteiger partial charge in [-0.15, -0.1) is 0 Å². The summed E-state index contributed by atoms with van der Waals surface area (Å²) in [6.07, 6.45) is 8.50. The predicted octanol–water partition coefficient (Wildman–Crippen LogP) is 5.74. The van der Waals surface area contributed by atoms with Crippen LogP contribution in [-0.2, 0) is 9.59 Å². The van der Waals surface area contributed by atoms with E-state index in [1.165, 1.54) is 36.0 Å². The van der Waals surface area contributed by atoms with Crippen molar-refractivity contribution in [2.24, 2.45) is 23.2 Å². The Morgan fingerprint density at radius 1 is 1.25 bits per heavy atom. The summed E-state index contributed by atoms with van der Waals surface area (Å²) in [6.45, 7) is 2.48. The van der Waals surface area contributed by atoms with Gasteiger partial charge in [0.1, 0.15) is 5.75 Å². The Morgan fingerprint density at radius 3 is 2.47 bits per heavy atom. The van der Waals surface area contributed by atoms with Crippen molar-refractivity contribution < 1.29 is 14.3 Å². The van der Waals surface area contributed by atoms with Gasteiger partial charge in [0.25, 0.3) is 5.91 Å². The number of carbonyl (C=O) groups is 2. The second-order valence-electron chi connectivity index (χ2n) is 9.39. The fraction of sp³-hybridized carbons (Fsp3) is 0.522. The van der Waals surface area contributed by atoms with Gasteiger partial charge in [0.05, 0.1) is 20.5 Å². The molecule has 170 valence electrons. The number of rotatable bonds is 5. The molecule has 5 fully saturated rings. The minimum absolute atomic E-state index is 0.0204. The van der Waals surface area contributed by atoms with Gasteiger partial charge in [-0.25, -0.2) is 0 Å². The lowest BCUT2D eigenvalue weighted by molar-refractivity contribution is -0.152. The van der Waals surface area contributed by atoms with Crippen LogP contribution in [0.4, 0.5) is 0 Å². The standard InChI is InChI=1S/C23H24I2N2O3S2/c1-2-30-19-15(6-16(24)8-17(19)25)7-18-20(28)27(22(31)32-18)26-21(29)23-9-12-3-13(10-23)5-14(4-12)11-23/h6-8,12-14H,2-5,9-11H2,1H3,(H,26,29)/b18-7+. The van der Waals surface area contributed by atoms with E-state index in [1.54, 1.807) is 0 Å². The lowest BCUT2D eigenvalue weighted by atomic mass is 9.49. The van der Waals surface area contributed by atoms with E-state index in [0.717, 1.165) is 37.7 Å². The molecule has 0 spiro atoms. The zero-order valence-corrected chi connectivity index (χ0v) is 23.6. The summed E-state index contributed by atoms with van der Waals surface area (Å²) in [6, 6.07) is 4.04. The summed E-state index contributed by atoms with van der Waals surface area (Å²) < 4.78 is 8.26. The first-order chi connectivity index (χ1) is 15.3. The molecule has 4 aliphatic carbocycles. The Bertz CT molecular complexity index is 1010. The monoisotopic (exact) mass is 694 g/mol. The Morgan fingerprint density at radius 2 is 1.88 bits per heavy atom. The number of nitrogens with zero attached hydrogens (tertiary/aromatic N) is 1. The Kier molecular flexibility index (Phi) is 6.56. The highest BCUT2D eigenvalue weighted by Gasteiger charge is 2.55. The molecule has 0 atom stereocenters. The zero-order valence-electron chi connectivity index (χ0n) is 17.7. The fourth-order valence-electron chi connectivity index (χ4n) is 6.30. The number of halogens is 2. The highest BCUT2D eigenvalue weighted by molar-refractivity contribution is 14.1. The summed E-state index contributed by atoms with van der Waals surface area (Å²) in [5.74, 6) is 2.47. The van der Waals surface area contributed by atoms with Crippen LogP contribution in [0.25, 0.3) is 6.08 Å². The van der Waals surface area contributed by atoms with Crippen molar-refractivity contribution in [2.75, 3.05) is 6.61 Å². The Balaban J connectivity index is 1.37. The fourth-order valence-corrected chi connectivity index (χ4v) is 9.51. The maximum atomic E-state index is 13.4. The molecule has 4 bridgehead atoms. The number of hydrogen-bond acceptors (Lipinski definition) is 5. The molecule has 5 nitrogen and oxygen atoms in total. The predicted molar refractivity (Wildman–Crippen MR) is 147 cm³/mol. The second-order valence-corrected chi connectivity index (χ2v) is 13.5. The van der Waals surface area contributed by atoms with Crippen LogP contribution in [0.2, 0.25) is 0 Å². The van der Waals surface area contributed by atoms with E-state index in [-0.39, 0.29) is 17.2 Å².